The highest BCUT2D eigenvalue weighted by Gasteiger charge is 2.26. The van der Waals surface area contributed by atoms with Crippen LogP contribution in [0.4, 0.5) is 5.82 Å². The second kappa shape index (κ2) is 9.53. The smallest absolute Gasteiger partial charge is 0.289 e. The molecule has 0 unspecified atom stereocenters. The molecule has 0 bridgehead atoms. The van der Waals surface area contributed by atoms with Crippen LogP contribution in [-0.4, -0.2) is 69.4 Å². The number of carbonyl (C=O) groups excluding carboxylic acids is 1. The van der Waals surface area contributed by atoms with E-state index in [2.05, 4.69) is 25.2 Å². The van der Waals surface area contributed by atoms with Crippen LogP contribution in [0.2, 0.25) is 0 Å². The van der Waals surface area contributed by atoms with Crippen molar-refractivity contribution < 1.29 is 19.4 Å². The largest absolute Gasteiger partial charge is 0.506 e. The normalized spacial score (nSPS) is 21.0. The highest BCUT2D eigenvalue weighted by molar-refractivity contribution is 5.90. The Kier molecular flexibility index (Phi) is 6.16. The number of pyridine rings is 2. The van der Waals surface area contributed by atoms with Gasteiger partial charge in [-0.05, 0) is 37.8 Å². The third-order valence-corrected chi connectivity index (χ3v) is 6.01. The van der Waals surface area contributed by atoms with Crippen molar-refractivity contribution in [3.63, 3.8) is 0 Å². The van der Waals surface area contributed by atoms with Crippen molar-refractivity contribution in [1.82, 2.24) is 25.3 Å². The summed E-state index contributed by atoms with van der Waals surface area (Å²) in [5.41, 5.74) is 0.725. The van der Waals surface area contributed by atoms with Crippen LogP contribution in [0.25, 0.3) is 10.9 Å². The second-order valence-corrected chi connectivity index (χ2v) is 8.28. The van der Waals surface area contributed by atoms with Crippen LogP contribution >= 0.6 is 0 Å². The van der Waals surface area contributed by atoms with E-state index >= 15 is 0 Å². The number of aromatic hydroxyl groups is 1. The molecule has 3 aromatic heterocycles. The van der Waals surface area contributed by atoms with E-state index in [1.54, 1.807) is 24.5 Å². The number of carbonyl (C=O) groups is 1. The Morgan fingerprint density at radius 1 is 1.09 bits per heavy atom. The van der Waals surface area contributed by atoms with Crippen LogP contribution in [0.1, 0.15) is 36.3 Å². The number of fused-ring (bicyclic) bond motifs is 1. The van der Waals surface area contributed by atoms with Crippen molar-refractivity contribution >= 4 is 22.6 Å². The lowest BCUT2D eigenvalue weighted by Crippen LogP contribution is -2.40. The van der Waals surface area contributed by atoms with Gasteiger partial charge in [-0.15, -0.1) is 0 Å². The fourth-order valence-corrected chi connectivity index (χ4v) is 4.26. The molecule has 2 fully saturated rings. The van der Waals surface area contributed by atoms with Gasteiger partial charge in [0.25, 0.3) is 5.91 Å². The molecule has 4 heterocycles. The first-order valence-electron chi connectivity index (χ1n) is 11.2. The average Bonchev–Trinajstić information content (AvgIpc) is 2.86. The summed E-state index contributed by atoms with van der Waals surface area (Å²) in [6.45, 7) is 2.82. The molecule has 2 aliphatic rings. The van der Waals surface area contributed by atoms with E-state index in [1.165, 1.54) is 6.20 Å². The third kappa shape index (κ3) is 4.95. The Morgan fingerprint density at radius 2 is 1.85 bits per heavy atom. The first-order valence-corrected chi connectivity index (χ1v) is 11.2. The predicted octanol–water partition coefficient (Wildman–Crippen LogP) is 2.08. The number of hydrogen-bond donors (Lipinski definition) is 2. The maximum atomic E-state index is 12.3. The molecule has 0 spiro atoms. The van der Waals surface area contributed by atoms with Crippen molar-refractivity contribution in [3.8, 4) is 11.6 Å². The van der Waals surface area contributed by atoms with Gasteiger partial charge in [0.05, 0.1) is 30.3 Å². The SMILES string of the molecule is O=C(NC1CCC(Oc2nc(N3CCOCC3)cc3ncc(O)cc23)CC1)c1ncccn1. The highest BCUT2D eigenvalue weighted by Crippen LogP contribution is 2.32. The topological polar surface area (TPSA) is 123 Å². The van der Waals surface area contributed by atoms with Crippen LogP contribution in [0.15, 0.2) is 36.8 Å². The summed E-state index contributed by atoms with van der Waals surface area (Å²) in [5.74, 6) is 1.26. The maximum Gasteiger partial charge on any atom is 0.289 e. The molecule has 3 aromatic rings. The van der Waals surface area contributed by atoms with Gasteiger partial charge in [0.15, 0.2) is 0 Å². The fourth-order valence-electron chi connectivity index (χ4n) is 4.26. The quantitative estimate of drug-likeness (QED) is 0.601. The average molecular weight is 450 g/mol. The zero-order valence-corrected chi connectivity index (χ0v) is 18.2. The molecule has 10 heteroatoms. The Labute approximate surface area is 191 Å². The van der Waals surface area contributed by atoms with Gasteiger partial charge in [-0.2, -0.15) is 4.98 Å². The maximum absolute atomic E-state index is 12.3. The molecule has 1 aliphatic carbocycles. The van der Waals surface area contributed by atoms with Crippen molar-refractivity contribution in [1.29, 1.82) is 0 Å². The summed E-state index contributed by atoms with van der Waals surface area (Å²) in [4.78, 5) is 31.6. The molecule has 33 heavy (non-hydrogen) atoms. The summed E-state index contributed by atoms with van der Waals surface area (Å²) < 4.78 is 11.8. The first kappa shape index (κ1) is 21.3. The van der Waals surface area contributed by atoms with Gasteiger partial charge < -0.3 is 24.8 Å². The number of nitrogens with one attached hydrogen (secondary N) is 1. The fraction of sp³-hybridized carbons (Fsp3) is 0.435. The Morgan fingerprint density at radius 3 is 2.61 bits per heavy atom. The van der Waals surface area contributed by atoms with Gasteiger partial charge in [0.2, 0.25) is 11.7 Å². The first-order chi connectivity index (χ1) is 16.2. The minimum Gasteiger partial charge on any atom is -0.506 e. The van der Waals surface area contributed by atoms with E-state index in [4.69, 9.17) is 14.5 Å². The number of morpholine rings is 1. The number of ether oxygens (including phenoxy) is 2. The molecule has 172 valence electrons. The lowest BCUT2D eigenvalue weighted by molar-refractivity contribution is 0.0881. The number of nitrogens with zero attached hydrogens (tertiary/aromatic N) is 5. The molecule has 5 rings (SSSR count). The molecular weight excluding hydrogens is 424 g/mol. The summed E-state index contributed by atoms with van der Waals surface area (Å²) >= 11 is 0. The summed E-state index contributed by atoms with van der Waals surface area (Å²) in [5, 5.41) is 13.7. The minimum atomic E-state index is -0.257. The van der Waals surface area contributed by atoms with Crippen molar-refractivity contribution in [2.45, 2.75) is 37.8 Å². The van der Waals surface area contributed by atoms with Crippen LogP contribution < -0.4 is 15.0 Å². The molecule has 0 radical (unpaired) electrons. The van der Waals surface area contributed by atoms with E-state index < -0.39 is 0 Å². The molecule has 10 nitrogen and oxygen atoms in total. The Hall–Kier alpha value is -3.53. The monoisotopic (exact) mass is 450 g/mol. The molecule has 0 atom stereocenters. The molecule has 1 aliphatic heterocycles. The van der Waals surface area contributed by atoms with Crippen LogP contribution in [0.3, 0.4) is 0 Å². The molecule has 1 amide bonds. The van der Waals surface area contributed by atoms with E-state index in [1.807, 2.05) is 6.07 Å². The van der Waals surface area contributed by atoms with E-state index in [9.17, 15) is 9.90 Å². The van der Waals surface area contributed by atoms with Gasteiger partial charge in [-0.25, -0.2) is 9.97 Å². The summed E-state index contributed by atoms with van der Waals surface area (Å²) in [7, 11) is 0. The van der Waals surface area contributed by atoms with Crippen molar-refractivity contribution in [2.24, 2.45) is 0 Å². The Bertz CT molecular complexity index is 1110. The number of anilines is 1. The number of hydrogen-bond acceptors (Lipinski definition) is 9. The summed E-state index contributed by atoms with van der Waals surface area (Å²) in [6.07, 6.45) is 7.63. The zero-order chi connectivity index (χ0) is 22.6. The summed E-state index contributed by atoms with van der Waals surface area (Å²) in [6, 6.07) is 5.29. The van der Waals surface area contributed by atoms with Gasteiger partial charge in [0.1, 0.15) is 17.7 Å². The van der Waals surface area contributed by atoms with Crippen LogP contribution in [-0.2, 0) is 4.74 Å². The molecule has 0 aromatic carbocycles. The van der Waals surface area contributed by atoms with Gasteiger partial charge in [-0.3, -0.25) is 9.78 Å². The second-order valence-electron chi connectivity index (χ2n) is 8.28. The van der Waals surface area contributed by atoms with Gasteiger partial charge in [-0.1, -0.05) is 0 Å². The van der Waals surface area contributed by atoms with Crippen molar-refractivity contribution in [2.75, 3.05) is 31.2 Å². The molecule has 1 saturated heterocycles. The van der Waals surface area contributed by atoms with Crippen LogP contribution in [0, 0.1) is 0 Å². The minimum absolute atomic E-state index is 0.0379. The molecular formula is C23H26N6O4. The van der Waals surface area contributed by atoms with E-state index in [0.717, 1.165) is 50.1 Å². The number of rotatable bonds is 5. The molecule has 2 N–H and O–H groups in total. The van der Waals surface area contributed by atoms with E-state index in [0.29, 0.717) is 24.5 Å². The van der Waals surface area contributed by atoms with Gasteiger partial charge in [0, 0.05) is 37.6 Å². The lowest BCUT2D eigenvalue weighted by Gasteiger charge is -2.30. The standard InChI is InChI=1S/C23H26N6O4/c30-16-12-18-19(26-14-16)13-20(29-8-10-32-11-9-29)28-23(18)33-17-4-2-15(3-5-17)27-22(31)21-24-6-1-7-25-21/h1,6-7,12-15,17,30H,2-5,8-11H2,(H,27,31). The predicted molar refractivity (Wildman–Crippen MR) is 120 cm³/mol. The Balaban J connectivity index is 1.28. The van der Waals surface area contributed by atoms with Crippen LogP contribution in [0.5, 0.6) is 11.6 Å². The third-order valence-electron chi connectivity index (χ3n) is 6.01. The lowest BCUT2D eigenvalue weighted by atomic mass is 9.93. The zero-order valence-electron chi connectivity index (χ0n) is 18.2. The highest BCUT2D eigenvalue weighted by atomic mass is 16.5. The number of amides is 1. The number of aromatic nitrogens is 4. The van der Waals surface area contributed by atoms with E-state index in [-0.39, 0.29) is 29.6 Å². The van der Waals surface area contributed by atoms with Gasteiger partial charge >= 0.3 is 0 Å². The van der Waals surface area contributed by atoms with Crippen molar-refractivity contribution in [3.05, 3.63) is 42.6 Å². The molecule has 1 saturated carbocycles.